The Bertz CT molecular complexity index is 6260. The molecule has 0 aliphatic heterocycles. The molecular weight excluding hydrogens is 2100 g/mol. The number of aryl methyl sites for hydroxylation is 3. The predicted molar refractivity (Wildman–Crippen MR) is 512 cm³/mol. The van der Waals surface area contributed by atoms with Crippen LogP contribution < -0.4 is 0 Å². The average Bonchev–Trinajstić information content (AvgIpc) is 1.62. The normalized spacial score (nSPS) is 11.2. The second-order valence-corrected chi connectivity index (χ2v) is 34.8. The van der Waals surface area contributed by atoms with E-state index in [1.807, 2.05) is 146 Å². The van der Waals surface area contributed by atoms with Crippen LogP contribution in [-0.4, -0.2) is 44.9 Å². The van der Waals surface area contributed by atoms with Gasteiger partial charge in [0.2, 0.25) is 17.1 Å². The molecule has 15 heteroatoms. The summed E-state index contributed by atoms with van der Waals surface area (Å²) in [6, 6.07) is 86.8. The number of furan rings is 3. The summed E-state index contributed by atoms with van der Waals surface area (Å²) in [5.41, 5.74) is 30.8. The van der Waals surface area contributed by atoms with Gasteiger partial charge in [-0.1, -0.05) is 227 Å². The Balaban J connectivity index is 0.000000160. The Morgan fingerprint density at radius 2 is 0.583 bits per heavy atom. The van der Waals surface area contributed by atoms with Crippen LogP contribution in [0.4, 0.5) is 0 Å². The van der Waals surface area contributed by atoms with Crippen molar-refractivity contribution in [2.45, 2.75) is 199 Å². The molecule has 657 valence electrons. The topological polar surface area (TPSA) is 155 Å². The molecule has 0 saturated heterocycles. The summed E-state index contributed by atoms with van der Waals surface area (Å²) in [6.45, 7) is 45.6. The Morgan fingerprint density at radius 3 is 0.850 bits per heavy atom. The molecule has 0 aliphatic rings. The van der Waals surface area contributed by atoms with Crippen LogP contribution in [0.1, 0.15) is 239 Å². The Morgan fingerprint density at radius 1 is 0.276 bits per heavy atom. The first kappa shape index (κ1) is 98.2. The fourth-order valence-corrected chi connectivity index (χ4v) is 15.1. The monoisotopic (exact) mass is 2210 g/mol. The zero-order valence-electron chi connectivity index (χ0n) is 76.7. The summed E-state index contributed by atoms with van der Waals surface area (Å²) in [5, 5.41) is 6.30. The Hall–Kier alpha value is -11.0. The van der Waals surface area contributed by atoms with Crippen molar-refractivity contribution in [3.05, 3.63) is 341 Å². The second kappa shape index (κ2) is 45.1. The van der Waals surface area contributed by atoms with Gasteiger partial charge in [0.1, 0.15) is 0 Å². The van der Waals surface area contributed by atoms with Crippen molar-refractivity contribution in [1.82, 2.24) is 44.9 Å². The third kappa shape index (κ3) is 24.1. The standard InChI is InChI=1S/C23H23N2O.2C22H21N2O.3C15H16N.3Ir/c1-14(2)12-17-8-9-19-18-6-5-7-20(22(18)26-23(19)25-17)21-13-16(15(3)4)10-11-24-21;2*1-13(2)15-10-11-23-20(12-15)18-7-5-6-16-17-8-9-19(14(3)4)24-22(17)25-21(16)18;3*1-11(2)14-10-16-15(9-12(14)3)13-7-5-4-6-8-13;;;/h5-6,8-11,13-15H,12H2,1-4H3;2*5-6,8-14H,1-4H3;3*4-7,9-11H,1-3H3;;;/q6*-1;;;. The summed E-state index contributed by atoms with van der Waals surface area (Å²) in [4.78, 5) is 41.3. The molecule has 3 radical (unpaired) electrons. The molecule has 0 N–H and O–H groups in total. The van der Waals surface area contributed by atoms with Crippen LogP contribution in [0, 0.1) is 63.1 Å². The molecule has 0 fully saturated rings. The van der Waals surface area contributed by atoms with Gasteiger partial charge in [-0.15, -0.1) is 162 Å². The van der Waals surface area contributed by atoms with E-state index in [-0.39, 0.29) is 60.3 Å². The number of rotatable bonds is 16. The van der Waals surface area contributed by atoms with Crippen molar-refractivity contribution in [3.8, 4) is 67.5 Å². The first-order chi connectivity index (χ1) is 59.7. The van der Waals surface area contributed by atoms with E-state index in [1.165, 1.54) is 50.1 Å². The van der Waals surface area contributed by atoms with E-state index >= 15 is 0 Å². The summed E-state index contributed by atoms with van der Waals surface area (Å²) in [6.07, 6.45) is 12.5. The quantitative estimate of drug-likeness (QED) is 0.0845. The number of fused-ring (bicyclic) bond motifs is 9. The van der Waals surface area contributed by atoms with Crippen molar-refractivity contribution < 1.29 is 73.6 Å². The van der Waals surface area contributed by atoms with E-state index in [2.05, 4.69) is 303 Å². The van der Waals surface area contributed by atoms with E-state index < -0.39 is 0 Å². The zero-order chi connectivity index (χ0) is 88.0. The van der Waals surface area contributed by atoms with Gasteiger partial charge in [-0.2, -0.15) is 0 Å². The molecule has 0 bridgehead atoms. The van der Waals surface area contributed by atoms with Gasteiger partial charge >= 0.3 is 0 Å². The van der Waals surface area contributed by atoms with Crippen LogP contribution in [0.25, 0.3) is 134 Å². The van der Waals surface area contributed by atoms with Gasteiger partial charge in [0.15, 0.2) is 0 Å². The molecule has 0 atom stereocenters. The molecule has 6 aromatic carbocycles. The van der Waals surface area contributed by atoms with Crippen molar-refractivity contribution >= 4 is 66.2 Å². The summed E-state index contributed by atoms with van der Waals surface area (Å²) in [5.74, 6) is 4.24. The van der Waals surface area contributed by atoms with Crippen LogP contribution in [0.3, 0.4) is 0 Å². The molecule has 0 amide bonds. The zero-order valence-corrected chi connectivity index (χ0v) is 83.9. The number of hydrogen-bond donors (Lipinski definition) is 0. The van der Waals surface area contributed by atoms with E-state index in [4.69, 9.17) is 28.2 Å². The maximum Gasteiger partial charge on any atom is 0.216 e. The molecule has 18 aromatic rings. The third-order valence-electron chi connectivity index (χ3n) is 22.2. The van der Waals surface area contributed by atoms with E-state index in [1.54, 1.807) is 0 Å². The van der Waals surface area contributed by atoms with Crippen LogP contribution >= 0.6 is 0 Å². The molecule has 0 spiro atoms. The van der Waals surface area contributed by atoms with E-state index in [0.717, 1.165) is 140 Å². The third-order valence-corrected chi connectivity index (χ3v) is 22.2. The second-order valence-electron chi connectivity index (χ2n) is 34.8. The fourth-order valence-electron chi connectivity index (χ4n) is 15.1. The molecule has 127 heavy (non-hydrogen) atoms. The van der Waals surface area contributed by atoms with Crippen LogP contribution in [0.5, 0.6) is 0 Å². The van der Waals surface area contributed by atoms with Gasteiger partial charge in [-0.05, 0) is 186 Å². The summed E-state index contributed by atoms with van der Waals surface area (Å²) < 4.78 is 18.5. The fraction of sp³-hybridized carbons (Fsp3) is 0.277. The van der Waals surface area contributed by atoms with Crippen molar-refractivity contribution in [1.29, 1.82) is 0 Å². The number of hydrogen-bond acceptors (Lipinski definition) is 12. The molecule has 0 aliphatic carbocycles. The first-order valence-corrected chi connectivity index (χ1v) is 43.6. The molecule has 12 aromatic heterocycles. The summed E-state index contributed by atoms with van der Waals surface area (Å²) >= 11 is 0. The number of nitrogens with zero attached hydrogens (tertiary/aromatic N) is 9. The van der Waals surface area contributed by atoms with Gasteiger partial charge in [0, 0.05) is 131 Å². The largest absolute Gasteiger partial charge is 0.486 e. The Kier molecular flexibility index (Phi) is 34.9. The van der Waals surface area contributed by atoms with E-state index in [9.17, 15) is 0 Å². The van der Waals surface area contributed by atoms with Crippen molar-refractivity contribution in [3.63, 3.8) is 0 Å². The Labute approximate surface area is 791 Å². The summed E-state index contributed by atoms with van der Waals surface area (Å²) in [7, 11) is 0. The maximum absolute atomic E-state index is 6.18. The van der Waals surface area contributed by atoms with Crippen LogP contribution in [0.15, 0.2) is 251 Å². The predicted octanol–water partition coefficient (Wildman–Crippen LogP) is 30.3. The van der Waals surface area contributed by atoms with Gasteiger partial charge in [0.25, 0.3) is 0 Å². The number of pyridine rings is 9. The molecular formula is C112H113Ir3N9O3-6. The molecule has 0 unspecified atom stereocenters. The molecule has 12 heterocycles. The maximum atomic E-state index is 6.18. The molecule has 12 nitrogen and oxygen atoms in total. The van der Waals surface area contributed by atoms with E-state index in [0.29, 0.717) is 70.4 Å². The van der Waals surface area contributed by atoms with Crippen molar-refractivity contribution in [2.75, 3.05) is 0 Å². The smallest absolute Gasteiger partial charge is 0.216 e. The minimum absolute atomic E-state index is 0. The van der Waals surface area contributed by atoms with Crippen LogP contribution in [-0.2, 0) is 66.7 Å². The minimum Gasteiger partial charge on any atom is -0.486 e. The van der Waals surface area contributed by atoms with Gasteiger partial charge < -0.3 is 43.2 Å². The molecule has 0 saturated carbocycles. The average molecular weight is 2210 g/mol. The van der Waals surface area contributed by atoms with Crippen molar-refractivity contribution in [2.24, 2.45) is 5.92 Å². The SMILES string of the molecule is CC(C)Cc1ccc2c(n1)oc1c(-c3cc(C(C)C)ccn3)[c-]ccc12.CC(C)c1ccnc(-c2[c-]ccc3c2oc2nc(C(C)C)ccc23)c1.CC(C)c1ccnc(-c2[c-]ccc3c2oc2nc(C(C)C)ccc23)c1.Cc1cc(-c2[c-]cccc2)ncc1C(C)C.Cc1cc(-c2[c-]cccc2)ncc1C(C)C.Cc1cc(-c2[c-]cccc2)ncc1C(C)C.[Ir].[Ir].[Ir]. The van der Waals surface area contributed by atoms with Gasteiger partial charge in [0.05, 0.1) is 16.7 Å². The van der Waals surface area contributed by atoms with Gasteiger partial charge in [-0.25, -0.2) is 15.0 Å². The minimum atomic E-state index is 0. The number of benzene rings is 6. The van der Waals surface area contributed by atoms with Gasteiger partial charge in [-0.3, -0.25) is 0 Å². The van der Waals surface area contributed by atoms with Crippen LogP contribution in [0.2, 0.25) is 0 Å². The molecule has 18 rings (SSSR count). The number of aromatic nitrogens is 9. The first-order valence-electron chi connectivity index (χ1n) is 43.6.